The summed E-state index contributed by atoms with van der Waals surface area (Å²) in [7, 11) is -1.11. The standard InChI is InChI=1S/C21H20FN3O2S/c1-12-5-21(28(2)27)24-11-17(12)14-4-3-13-8-19(23-10-16(13)6-14)25-20(26)9-15-7-18(15)22/h3-6,8,10-11,15,18H,7,9H2,1-2H3,(H,23,25,26). The van der Waals surface area contributed by atoms with E-state index in [-0.39, 0.29) is 18.2 Å². The SMILES string of the molecule is Cc1cc(S(C)=O)ncc1-c1ccc2cc(NC(=O)CC3CC3F)ncc2c1. The van der Waals surface area contributed by atoms with E-state index >= 15 is 0 Å². The third kappa shape index (κ3) is 3.94. The van der Waals surface area contributed by atoms with Gasteiger partial charge in [0.15, 0.2) is 0 Å². The Hall–Kier alpha value is -2.67. The van der Waals surface area contributed by atoms with E-state index in [4.69, 9.17) is 0 Å². The molecule has 0 aliphatic heterocycles. The molecule has 7 heteroatoms. The fraction of sp³-hybridized carbons (Fsp3) is 0.286. The van der Waals surface area contributed by atoms with Crippen molar-refractivity contribution in [1.29, 1.82) is 0 Å². The molecule has 0 saturated heterocycles. The predicted molar refractivity (Wildman–Crippen MR) is 108 cm³/mol. The van der Waals surface area contributed by atoms with Crippen LogP contribution in [0.25, 0.3) is 21.9 Å². The van der Waals surface area contributed by atoms with Gasteiger partial charge in [-0.15, -0.1) is 0 Å². The van der Waals surface area contributed by atoms with Crippen molar-refractivity contribution in [2.75, 3.05) is 11.6 Å². The van der Waals surface area contributed by atoms with Crippen LogP contribution in [0, 0.1) is 12.8 Å². The van der Waals surface area contributed by atoms with Gasteiger partial charge >= 0.3 is 0 Å². The van der Waals surface area contributed by atoms with Crippen molar-refractivity contribution in [3.8, 4) is 11.1 Å². The van der Waals surface area contributed by atoms with Crippen LogP contribution in [0.15, 0.2) is 47.8 Å². The summed E-state index contributed by atoms with van der Waals surface area (Å²) >= 11 is 0. The smallest absolute Gasteiger partial charge is 0.225 e. The Labute approximate surface area is 164 Å². The number of halogens is 1. The lowest BCUT2D eigenvalue weighted by Gasteiger charge is -2.09. The third-order valence-electron chi connectivity index (χ3n) is 4.96. The van der Waals surface area contributed by atoms with Gasteiger partial charge in [-0.05, 0) is 48.1 Å². The molecule has 1 N–H and O–H groups in total. The van der Waals surface area contributed by atoms with E-state index < -0.39 is 17.0 Å². The molecule has 1 amide bonds. The van der Waals surface area contributed by atoms with Crippen LogP contribution in [0.2, 0.25) is 0 Å². The van der Waals surface area contributed by atoms with Crippen molar-refractivity contribution < 1.29 is 13.4 Å². The van der Waals surface area contributed by atoms with Crippen LogP contribution in [0.4, 0.5) is 10.2 Å². The highest BCUT2D eigenvalue weighted by Crippen LogP contribution is 2.36. The molecule has 3 atom stereocenters. The number of amides is 1. The minimum atomic E-state index is -1.11. The quantitative estimate of drug-likeness (QED) is 0.706. The van der Waals surface area contributed by atoms with E-state index in [1.807, 2.05) is 37.3 Å². The summed E-state index contributed by atoms with van der Waals surface area (Å²) in [5, 5.41) is 5.19. The maximum absolute atomic E-state index is 12.9. The van der Waals surface area contributed by atoms with Gasteiger partial charge in [-0.3, -0.25) is 9.00 Å². The molecule has 1 aromatic carbocycles. The molecular formula is C21H20FN3O2S. The van der Waals surface area contributed by atoms with Crippen LogP contribution in [-0.4, -0.2) is 32.5 Å². The molecule has 4 rings (SSSR count). The molecule has 0 radical (unpaired) electrons. The maximum Gasteiger partial charge on any atom is 0.225 e. The highest BCUT2D eigenvalue weighted by molar-refractivity contribution is 7.84. The predicted octanol–water partition coefficient (Wildman–Crippen LogP) is 4.03. The monoisotopic (exact) mass is 397 g/mol. The molecule has 0 bridgehead atoms. The summed E-state index contributed by atoms with van der Waals surface area (Å²) in [5.41, 5.74) is 2.97. The van der Waals surface area contributed by atoms with Crippen molar-refractivity contribution in [3.63, 3.8) is 0 Å². The minimum Gasteiger partial charge on any atom is -0.311 e. The van der Waals surface area contributed by atoms with Crippen LogP contribution in [-0.2, 0) is 15.6 Å². The van der Waals surface area contributed by atoms with Crippen LogP contribution >= 0.6 is 0 Å². The number of fused-ring (bicyclic) bond motifs is 1. The number of carbonyl (C=O) groups is 1. The first-order valence-electron chi connectivity index (χ1n) is 9.05. The topological polar surface area (TPSA) is 72.0 Å². The fourth-order valence-electron chi connectivity index (χ4n) is 3.22. The lowest BCUT2D eigenvalue weighted by atomic mass is 10.0. The first kappa shape index (κ1) is 18.7. The zero-order chi connectivity index (χ0) is 19.8. The van der Waals surface area contributed by atoms with Crippen molar-refractivity contribution in [2.45, 2.75) is 31.0 Å². The summed E-state index contributed by atoms with van der Waals surface area (Å²) in [6.45, 7) is 1.97. The van der Waals surface area contributed by atoms with E-state index in [9.17, 15) is 13.4 Å². The molecule has 3 aromatic rings. The van der Waals surface area contributed by atoms with Gasteiger partial charge < -0.3 is 5.32 Å². The molecule has 1 fully saturated rings. The number of anilines is 1. The molecule has 5 nitrogen and oxygen atoms in total. The Morgan fingerprint density at radius 3 is 2.68 bits per heavy atom. The number of benzene rings is 1. The summed E-state index contributed by atoms with van der Waals surface area (Å²) < 4.78 is 24.5. The van der Waals surface area contributed by atoms with E-state index in [0.29, 0.717) is 17.3 Å². The van der Waals surface area contributed by atoms with E-state index in [1.54, 1.807) is 18.6 Å². The Morgan fingerprint density at radius 1 is 1.21 bits per heavy atom. The molecule has 1 aliphatic carbocycles. The van der Waals surface area contributed by atoms with Crippen LogP contribution in [0.5, 0.6) is 0 Å². The molecule has 28 heavy (non-hydrogen) atoms. The molecule has 2 aromatic heterocycles. The van der Waals surface area contributed by atoms with Gasteiger partial charge in [0.05, 0.1) is 10.8 Å². The first-order valence-corrected chi connectivity index (χ1v) is 10.6. The Kier molecular flexibility index (Phi) is 4.93. The van der Waals surface area contributed by atoms with Crippen LogP contribution in [0.1, 0.15) is 18.4 Å². The summed E-state index contributed by atoms with van der Waals surface area (Å²) in [4.78, 5) is 20.5. The normalized spacial score (nSPS) is 19.4. The van der Waals surface area contributed by atoms with E-state index in [2.05, 4.69) is 15.3 Å². The second-order valence-electron chi connectivity index (χ2n) is 7.19. The van der Waals surface area contributed by atoms with Gasteiger partial charge in [-0.2, -0.15) is 0 Å². The largest absolute Gasteiger partial charge is 0.311 e. The first-order chi connectivity index (χ1) is 13.4. The number of hydrogen-bond acceptors (Lipinski definition) is 4. The highest BCUT2D eigenvalue weighted by Gasteiger charge is 2.38. The van der Waals surface area contributed by atoms with Crippen molar-refractivity contribution in [1.82, 2.24) is 9.97 Å². The van der Waals surface area contributed by atoms with Gasteiger partial charge in [0.1, 0.15) is 17.0 Å². The van der Waals surface area contributed by atoms with Gasteiger partial charge in [0.2, 0.25) is 5.91 Å². The van der Waals surface area contributed by atoms with Crippen molar-refractivity contribution >= 4 is 33.3 Å². The Bertz CT molecular complexity index is 1100. The van der Waals surface area contributed by atoms with E-state index in [1.165, 1.54) is 0 Å². The molecular weight excluding hydrogens is 377 g/mol. The number of carbonyl (C=O) groups excluding carboxylic acids is 1. The second-order valence-corrected chi connectivity index (χ2v) is 8.51. The third-order valence-corrected chi connectivity index (χ3v) is 5.78. The zero-order valence-electron chi connectivity index (χ0n) is 15.6. The van der Waals surface area contributed by atoms with Gasteiger partial charge in [0, 0.05) is 41.9 Å². The average Bonchev–Trinajstić information content (AvgIpc) is 3.35. The fourth-order valence-corrected chi connectivity index (χ4v) is 3.76. The Morgan fingerprint density at radius 2 is 2.00 bits per heavy atom. The Balaban J connectivity index is 1.56. The number of aromatic nitrogens is 2. The molecule has 3 unspecified atom stereocenters. The van der Waals surface area contributed by atoms with Gasteiger partial charge in [-0.1, -0.05) is 12.1 Å². The molecule has 0 spiro atoms. The minimum absolute atomic E-state index is 0.142. The number of nitrogens with zero attached hydrogens (tertiary/aromatic N) is 2. The summed E-state index contributed by atoms with van der Waals surface area (Å²) in [6, 6.07) is 9.61. The summed E-state index contributed by atoms with van der Waals surface area (Å²) in [5.74, 6) is 0.119. The van der Waals surface area contributed by atoms with Crippen LogP contribution in [0.3, 0.4) is 0 Å². The van der Waals surface area contributed by atoms with Crippen LogP contribution < -0.4 is 5.32 Å². The van der Waals surface area contributed by atoms with Gasteiger partial charge in [-0.25, -0.2) is 14.4 Å². The summed E-state index contributed by atoms with van der Waals surface area (Å²) in [6.07, 6.45) is 4.90. The second kappa shape index (κ2) is 7.39. The molecule has 144 valence electrons. The molecule has 1 aliphatic rings. The van der Waals surface area contributed by atoms with Crippen molar-refractivity contribution in [3.05, 3.63) is 48.3 Å². The number of alkyl halides is 1. The zero-order valence-corrected chi connectivity index (χ0v) is 16.4. The van der Waals surface area contributed by atoms with Gasteiger partial charge in [0.25, 0.3) is 0 Å². The maximum atomic E-state index is 12.9. The number of rotatable bonds is 5. The number of nitrogens with one attached hydrogen (secondary N) is 1. The number of pyridine rings is 2. The lowest BCUT2D eigenvalue weighted by molar-refractivity contribution is -0.116. The number of hydrogen-bond donors (Lipinski definition) is 1. The lowest BCUT2D eigenvalue weighted by Crippen LogP contribution is -2.13. The number of aryl methyl sites for hydroxylation is 1. The molecule has 2 heterocycles. The van der Waals surface area contributed by atoms with Crippen molar-refractivity contribution in [2.24, 2.45) is 5.92 Å². The van der Waals surface area contributed by atoms with E-state index in [0.717, 1.165) is 27.5 Å². The highest BCUT2D eigenvalue weighted by atomic mass is 32.2. The average molecular weight is 397 g/mol. The molecule has 1 saturated carbocycles.